The van der Waals surface area contributed by atoms with Crippen molar-refractivity contribution in [3.05, 3.63) is 71.8 Å². The van der Waals surface area contributed by atoms with Crippen LogP contribution in [0.15, 0.2) is 60.7 Å². The van der Waals surface area contributed by atoms with E-state index >= 15 is 0 Å². The van der Waals surface area contributed by atoms with Gasteiger partial charge >= 0.3 is 27.7 Å². The summed E-state index contributed by atoms with van der Waals surface area (Å²) in [5.74, 6) is -1.53. The van der Waals surface area contributed by atoms with E-state index in [1.54, 1.807) is 38.1 Å². The van der Waals surface area contributed by atoms with Crippen molar-refractivity contribution in [3.63, 3.8) is 0 Å². The van der Waals surface area contributed by atoms with Crippen LogP contribution in [0.25, 0.3) is 10.9 Å². The molecule has 2 aromatic carbocycles. The van der Waals surface area contributed by atoms with E-state index in [1.165, 1.54) is 24.3 Å². The van der Waals surface area contributed by atoms with Gasteiger partial charge < -0.3 is 19.0 Å². The first kappa shape index (κ1) is 31.7. The minimum absolute atomic E-state index is 0.0528. The fraction of sp³-hybridized carbons (Fsp3) is 0.393. The van der Waals surface area contributed by atoms with Gasteiger partial charge in [0.25, 0.3) is 0 Å². The van der Waals surface area contributed by atoms with Crippen LogP contribution in [0.3, 0.4) is 0 Å². The van der Waals surface area contributed by atoms with Crippen molar-refractivity contribution in [3.8, 4) is 5.88 Å². The number of hydrogen-bond acceptors (Lipinski definition) is 8. The topological polar surface area (TPSA) is 121 Å². The predicted octanol–water partition coefficient (Wildman–Crippen LogP) is 5.97. The molecule has 41 heavy (non-hydrogen) atoms. The van der Waals surface area contributed by atoms with Crippen LogP contribution in [0, 0.1) is 5.41 Å². The quantitative estimate of drug-likeness (QED) is 0.182. The zero-order valence-corrected chi connectivity index (χ0v) is 23.9. The number of alkyl halides is 3. The number of halogens is 3. The molecular weight excluding hydrogens is 565 g/mol. The van der Waals surface area contributed by atoms with Crippen molar-refractivity contribution >= 4 is 33.1 Å². The lowest BCUT2D eigenvalue weighted by Crippen LogP contribution is -2.55. The third-order valence-electron chi connectivity index (χ3n) is 5.65. The summed E-state index contributed by atoms with van der Waals surface area (Å²) in [6, 6.07) is 15.5. The summed E-state index contributed by atoms with van der Waals surface area (Å²) in [6.07, 6.45) is -1.32. The summed E-state index contributed by atoms with van der Waals surface area (Å²) in [4.78, 5) is 30.6. The Morgan fingerprint density at radius 1 is 0.976 bits per heavy atom. The summed E-state index contributed by atoms with van der Waals surface area (Å²) in [5, 5.41) is 3.05. The summed E-state index contributed by atoms with van der Waals surface area (Å²) in [5.41, 5.74) is -6.79. The lowest BCUT2D eigenvalue weighted by molar-refractivity contribution is -0.157. The maximum absolute atomic E-state index is 13.7. The van der Waals surface area contributed by atoms with Crippen molar-refractivity contribution in [2.45, 2.75) is 64.8 Å². The Hall–Kier alpha value is -3.87. The molecule has 0 saturated heterocycles. The molecule has 1 heterocycles. The van der Waals surface area contributed by atoms with Gasteiger partial charge in [-0.1, -0.05) is 57.2 Å². The molecule has 222 valence electrons. The van der Waals surface area contributed by atoms with Gasteiger partial charge in [-0.3, -0.25) is 0 Å². The highest BCUT2D eigenvalue weighted by molar-refractivity contribution is 7.87. The van der Waals surface area contributed by atoms with E-state index in [4.69, 9.17) is 9.47 Å². The maximum atomic E-state index is 13.7. The standard InChI is InChI=1S/C28H31F3N2O7S/c1-18(2)39-24(34)27(17-26(3,4)5,33-25(35)38-16-19-9-7-6-8-10-19)21-12-13-22-20(15-21)11-14-23(32-22)40-41(36,37)28(29,30)31/h6-15,18H,16-17H2,1-5H3,(H,33,35)/t27-/m1/s1. The number of pyridine rings is 1. The van der Waals surface area contributed by atoms with E-state index in [2.05, 4.69) is 14.5 Å². The molecule has 1 amide bonds. The SMILES string of the molecule is CC(C)OC(=O)[C@](CC(C)(C)C)(NC(=O)OCc1ccccc1)c1ccc2nc(OS(=O)(=O)C(F)(F)F)ccc2c1. The van der Waals surface area contributed by atoms with E-state index in [9.17, 15) is 31.2 Å². The van der Waals surface area contributed by atoms with Gasteiger partial charge in [-0.25, -0.2) is 14.6 Å². The second-order valence-corrected chi connectivity index (χ2v) is 12.4. The smallest absolute Gasteiger partial charge is 0.461 e. The number of alkyl carbamates (subject to hydrolysis) is 1. The van der Waals surface area contributed by atoms with E-state index in [1.807, 2.05) is 26.8 Å². The third-order valence-corrected chi connectivity index (χ3v) is 6.61. The monoisotopic (exact) mass is 596 g/mol. The van der Waals surface area contributed by atoms with Gasteiger partial charge in [0.2, 0.25) is 5.88 Å². The lowest BCUT2D eigenvalue weighted by atomic mass is 9.75. The zero-order valence-electron chi connectivity index (χ0n) is 23.1. The maximum Gasteiger partial charge on any atom is 0.534 e. The highest BCUT2D eigenvalue weighted by atomic mass is 32.2. The molecule has 0 bridgehead atoms. The molecule has 0 aliphatic heterocycles. The Bertz CT molecular complexity index is 1500. The summed E-state index contributed by atoms with van der Waals surface area (Å²) < 4.78 is 76.1. The lowest BCUT2D eigenvalue weighted by Gasteiger charge is -2.38. The highest BCUT2D eigenvalue weighted by Gasteiger charge is 2.49. The molecule has 0 saturated carbocycles. The first-order valence-electron chi connectivity index (χ1n) is 12.5. The molecule has 9 nitrogen and oxygen atoms in total. The first-order valence-corrected chi connectivity index (χ1v) is 13.9. The number of rotatable bonds is 9. The average molecular weight is 597 g/mol. The molecule has 0 aliphatic carbocycles. The van der Waals surface area contributed by atoms with Crippen molar-refractivity contribution in [2.24, 2.45) is 5.41 Å². The normalized spacial score (nSPS) is 13.9. The van der Waals surface area contributed by atoms with Crippen LogP contribution >= 0.6 is 0 Å². The van der Waals surface area contributed by atoms with Gasteiger partial charge in [-0.05, 0) is 55.0 Å². The molecule has 0 spiro atoms. The third kappa shape index (κ3) is 8.09. The summed E-state index contributed by atoms with van der Waals surface area (Å²) in [6.45, 7) is 8.88. The van der Waals surface area contributed by atoms with Crippen LogP contribution in [-0.2, 0) is 36.5 Å². The Kier molecular flexibility index (Phi) is 9.21. The van der Waals surface area contributed by atoms with E-state index in [-0.39, 0.29) is 18.5 Å². The van der Waals surface area contributed by atoms with Crippen molar-refractivity contribution in [1.82, 2.24) is 10.3 Å². The number of carbonyl (C=O) groups is 2. The number of hydrogen-bond donors (Lipinski definition) is 1. The van der Waals surface area contributed by atoms with Crippen molar-refractivity contribution in [1.29, 1.82) is 0 Å². The molecule has 0 aliphatic rings. The fourth-order valence-electron chi connectivity index (χ4n) is 4.08. The van der Waals surface area contributed by atoms with Gasteiger partial charge in [-0.15, -0.1) is 0 Å². The van der Waals surface area contributed by atoms with Crippen molar-refractivity contribution < 1.29 is 44.8 Å². The van der Waals surface area contributed by atoms with E-state index in [0.29, 0.717) is 10.9 Å². The van der Waals surface area contributed by atoms with Gasteiger partial charge in [0.05, 0.1) is 11.6 Å². The molecule has 1 aromatic heterocycles. The van der Waals surface area contributed by atoms with Crippen molar-refractivity contribution in [2.75, 3.05) is 0 Å². The van der Waals surface area contributed by atoms with Crippen LogP contribution in [0.5, 0.6) is 5.88 Å². The highest BCUT2D eigenvalue weighted by Crippen LogP contribution is 2.38. The minimum Gasteiger partial charge on any atom is -0.461 e. The van der Waals surface area contributed by atoms with Gasteiger partial charge in [0.1, 0.15) is 6.61 Å². The molecule has 13 heteroatoms. The molecule has 0 unspecified atom stereocenters. The fourth-order valence-corrected chi connectivity index (χ4v) is 4.49. The van der Waals surface area contributed by atoms with Crippen LogP contribution in [0.4, 0.5) is 18.0 Å². The molecular formula is C28H31F3N2O7S. The first-order chi connectivity index (χ1) is 18.9. The number of benzene rings is 2. The predicted molar refractivity (Wildman–Crippen MR) is 144 cm³/mol. The summed E-state index contributed by atoms with van der Waals surface area (Å²) in [7, 11) is -5.92. The van der Waals surface area contributed by atoms with Crippen LogP contribution in [0.1, 0.15) is 52.2 Å². The number of aromatic nitrogens is 1. The second kappa shape index (κ2) is 11.9. The Labute approximate surface area is 236 Å². The number of carbonyl (C=O) groups excluding carboxylic acids is 2. The molecule has 3 rings (SSSR count). The van der Waals surface area contributed by atoms with Gasteiger partial charge in [-0.2, -0.15) is 21.6 Å². The van der Waals surface area contributed by atoms with E-state index in [0.717, 1.165) is 11.6 Å². The van der Waals surface area contributed by atoms with Crippen LogP contribution in [0.2, 0.25) is 0 Å². The Morgan fingerprint density at radius 2 is 1.63 bits per heavy atom. The largest absolute Gasteiger partial charge is 0.534 e. The summed E-state index contributed by atoms with van der Waals surface area (Å²) >= 11 is 0. The number of esters is 1. The molecule has 1 N–H and O–H groups in total. The Balaban J connectivity index is 2.05. The number of nitrogens with zero attached hydrogens (tertiary/aromatic N) is 1. The van der Waals surface area contributed by atoms with Gasteiger partial charge in [0.15, 0.2) is 5.54 Å². The molecule has 1 atom stereocenters. The minimum atomic E-state index is -5.92. The zero-order chi connectivity index (χ0) is 30.6. The number of ether oxygens (including phenoxy) is 2. The number of fused-ring (bicyclic) bond motifs is 1. The van der Waals surface area contributed by atoms with E-state index < -0.39 is 50.6 Å². The second-order valence-electron chi connectivity index (χ2n) is 10.8. The van der Waals surface area contributed by atoms with Crippen LogP contribution in [-0.4, -0.2) is 37.1 Å². The van der Waals surface area contributed by atoms with Gasteiger partial charge in [0, 0.05) is 11.5 Å². The molecule has 0 radical (unpaired) electrons. The van der Waals surface area contributed by atoms with Crippen LogP contribution < -0.4 is 9.50 Å². The molecule has 3 aromatic rings. The number of nitrogens with one attached hydrogen (secondary N) is 1. The molecule has 0 fully saturated rings. The number of amides is 1. The Morgan fingerprint density at radius 3 is 2.22 bits per heavy atom. The average Bonchev–Trinajstić information content (AvgIpc) is 2.85.